The number of hydrogen-bond donors (Lipinski definition) is 0. The van der Waals surface area contributed by atoms with Crippen molar-refractivity contribution < 1.29 is 4.79 Å². The molecule has 2 amide bonds. The molecule has 0 spiro atoms. The Balaban J connectivity index is 2.28. The smallest absolute Gasteiger partial charge is 0.329 e. The van der Waals surface area contributed by atoms with Gasteiger partial charge in [-0.3, -0.25) is 4.90 Å². The van der Waals surface area contributed by atoms with E-state index in [1.165, 1.54) is 16.1 Å². The van der Waals surface area contributed by atoms with Gasteiger partial charge in [0.25, 0.3) is 0 Å². The van der Waals surface area contributed by atoms with E-state index >= 15 is 0 Å². The van der Waals surface area contributed by atoms with E-state index in [2.05, 4.69) is 4.99 Å². The zero-order valence-corrected chi connectivity index (χ0v) is 12.7. The molecule has 21 heavy (non-hydrogen) atoms. The van der Waals surface area contributed by atoms with Crippen molar-refractivity contribution in [3.05, 3.63) is 59.6 Å². The Morgan fingerprint density at radius 3 is 2.24 bits per heavy atom. The van der Waals surface area contributed by atoms with Crippen molar-refractivity contribution in [1.82, 2.24) is 4.90 Å². The molecule has 0 atom stereocenters. The molecule has 2 aromatic carbocycles. The van der Waals surface area contributed by atoms with Gasteiger partial charge in [-0.05, 0) is 36.4 Å². The molecule has 0 aliphatic heterocycles. The van der Waals surface area contributed by atoms with Gasteiger partial charge < -0.3 is 4.90 Å². The third-order valence-corrected chi connectivity index (χ3v) is 3.02. The van der Waals surface area contributed by atoms with Crippen molar-refractivity contribution in [2.45, 2.75) is 0 Å². The highest BCUT2D eigenvalue weighted by molar-refractivity contribution is 6.30. The largest absolute Gasteiger partial charge is 0.330 e. The van der Waals surface area contributed by atoms with Gasteiger partial charge in [-0.25, -0.2) is 9.79 Å². The van der Waals surface area contributed by atoms with Crippen LogP contribution in [0.2, 0.25) is 5.02 Å². The van der Waals surface area contributed by atoms with E-state index in [0.717, 1.165) is 11.4 Å². The fourth-order valence-corrected chi connectivity index (χ4v) is 1.81. The van der Waals surface area contributed by atoms with Crippen LogP contribution in [0.4, 0.5) is 16.2 Å². The molecule has 108 valence electrons. The summed E-state index contributed by atoms with van der Waals surface area (Å²) in [4.78, 5) is 19.6. The Kier molecular flexibility index (Phi) is 4.95. The van der Waals surface area contributed by atoms with Gasteiger partial charge in [0, 0.05) is 19.1 Å². The first kappa shape index (κ1) is 15.1. The molecular formula is C16H16ClN3O. The number of amides is 2. The molecule has 0 fully saturated rings. The Labute approximate surface area is 129 Å². The van der Waals surface area contributed by atoms with Gasteiger partial charge >= 0.3 is 6.03 Å². The number of aliphatic imine (C=N–C) groups is 1. The molecule has 0 aromatic heterocycles. The van der Waals surface area contributed by atoms with Crippen molar-refractivity contribution in [1.29, 1.82) is 0 Å². The van der Waals surface area contributed by atoms with E-state index in [1.54, 1.807) is 38.4 Å². The molecule has 0 saturated heterocycles. The first-order chi connectivity index (χ1) is 10.1. The van der Waals surface area contributed by atoms with Gasteiger partial charge in [-0.2, -0.15) is 0 Å². The molecular weight excluding hydrogens is 286 g/mol. The monoisotopic (exact) mass is 301 g/mol. The Hall–Kier alpha value is -2.33. The first-order valence-electron chi connectivity index (χ1n) is 6.43. The Morgan fingerprint density at radius 1 is 1.05 bits per heavy atom. The van der Waals surface area contributed by atoms with Crippen LogP contribution in [0.15, 0.2) is 59.6 Å². The molecule has 0 aliphatic rings. The average Bonchev–Trinajstić information content (AvgIpc) is 2.50. The van der Waals surface area contributed by atoms with E-state index in [9.17, 15) is 4.79 Å². The second-order valence-corrected chi connectivity index (χ2v) is 5.04. The summed E-state index contributed by atoms with van der Waals surface area (Å²) in [6.07, 6.45) is 1.51. The summed E-state index contributed by atoms with van der Waals surface area (Å²) in [6, 6.07) is 16.3. The van der Waals surface area contributed by atoms with Gasteiger partial charge in [-0.1, -0.05) is 29.8 Å². The van der Waals surface area contributed by atoms with E-state index in [1.807, 2.05) is 30.3 Å². The minimum atomic E-state index is -0.168. The summed E-state index contributed by atoms with van der Waals surface area (Å²) >= 11 is 5.84. The SMILES string of the molecule is CN(C)C(=O)N(C=Nc1ccc(Cl)cc1)c1ccccc1. The van der Waals surface area contributed by atoms with E-state index in [-0.39, 0.29) is 6.03 Å². The lowest BCUT2D eigenvalue weighted by molar-refractivity contribution is 0.227. The maximum absolute atomic E-state index is 12.3. The highest BCUT2D eigenvalue weighted by Crippen LogP contribution is 2.18. The zero-order chi connectivity index (χ0) is 15.2. The second-order valence-electron chi connectivity index (χ2n) is 4.60. The first-order valence-corrected chi connectivity index (χ1v) is 6.81. The molecule has 0 unspecified atom stereocenters. The third kappa shape index (κ3) is 4.07. The molecule has 2 rings (SSSR count). The summed E-state index contributed by atoms with van der Waals surface area (Å²) in [5.74, 6) is 0. The number of benzene rings is 2. The molecule has 0 radical (unpaired) electrons. The maximum Gasteiger partial charge on any atom is 0.329 e. The topological polar surface area (TPSA) is 35.9 Å². The van der Waals surface area contributed by atoms with Gasteiger partial charge in [0.2, 0.25) is 0 Å². The van der Waals surface area contributed by atoms with Crippen molar-refractivity contribution in [2.24, 2.45) is 4.99 Å². The highest BCUT2D eigenvalue weighted by atomic mass is 35.5. The number of hydrogen-bond acceptors (Lipinski definition) is 2. The number of carbonyl (C=O) groups is 1. The maximum atomic E-state index is 12.3. The molecule has 0 heterocycles. The quantitative estimate of drug-likeness (QED) is 0.618. The van der Waals surface area contributed by atoms with Crippen LogP contribution >= 0.6 is 11.6 Å². The molecule has 0 N–H and O–H groups in total. The van der Waals surface area contributed by atoms with Gasteiger partial charge in [0.05, 0.1) is 11.4 Å². The van der Waals surface area contributed by atoms with Crippen LogP contribution in [0.5, 0.6) is 0 Å². The molecule has 2 aromatic rings. The molecule has 0 aliphatic carbocycles. The van der Waals surface area contributed by atoms with Crippen LogP contribution in [0, 0.1) is 0 Å². The molecule has 5 heteroatoms. The summed E-state index contributed by atoms with van der Waals surface area (Å²) in [7, 11) is 3.41. The lowest BCUT2D eigenvalue weighted by atomic mass is 10.3. The van der Waals surface area contributed by atoms with Gasteiger partial charge in [0.1, 0.15) is 6.34 Å². The van der Waals surface area contributed by atoms with E-state index in [4.69, 9.17) is 11.6 Å². The number of anilines is 1. The lowest BCUT2D eigenvalue weighted by Crippen LogP contribution is -2.38. The summed E-state index contributed by atoms with van der Waals surface area (Å²) < 4.78 is 0. The highest BCUT2D eigenvalue weighted by Gasteiger charge is 2.15. The normalized spacial score (nSPS) is 10.6. The average molecular weight is 302 g/mol. The molecule has 0 saturated carbocycles. The van der Waals surface area contributed by atoms with Crippen molar-refractivity contribution >= 4 is 35.3 Å². The minimum absolute atomic E-state index is 0.168. The van der Waals surface area contributed by atoms with Crippen LogP contribution in [0.3, 0.4) is 0 Å². The number of para-hydroxylation sites is 1. The van der Waals surface area contributed by atoms with Gasteiger partial charge in [0.15, 0.2) is 0 Å². The minimum Gasteiger partial charge on any atom is -0.330 e. The number of nitrogens with zero attached hydrogens (tertiary/aromatic N) is 3. The fraction of sp³-hybridized carbons (Fsp3) is 0.125. The predicted octanol–water partition coefficient (Wildman–Crippen LogP) is 4.19. The Bertz CT molecular complexity index is 624. The van der Waals surface area contributed by atoms with Crippen molar-refractivity contribution in [3.8, 4) is 0 Å². The third-order valence-electron chi connectivity index (χ3n) is 2.77. The van der Waals surface area contributed by atoms with Crippen LogP contribution in [0.25, 0.3) is 0 Å². The summed E-state index contributed by atoms with van der Waals surface area (Å²) in [6.45, 7) is 0. The van der Waals surface area contributed by atoms with E-state index in [0.29, 0.717) is 5.02 Å². The summed E-state index contributed by atoms with van der Waals surface area (Å²) in [5, 5.41) is 0.651. The van der Waals surface area contributed by atoms with Crippen molar-refractivity contribution in [2.75, 3.05) is 19.0 Å². The predicted molar refractivity (Wildman–Crippen MR) is 87.6 cm³/mol. The zero-order valence-electron chi connectivity index (χ0n) is 11.9. The second kappa shape index (κ2) is 6.90. The number of rotatable bonds is 3. The number of urea groups is 1. The van der Waals surface area contributed by atoms with Crippen LogP contribution < -0.4 is 4.90 Å². The fourth-order valence-electron chi connectivity index (χ4n) is 1.68. The number of halogens is 1. The van der Waals surface area contributed by atoms with Crippen LogP contribution in [0.1, 0.15) is 0 Å². The number of carbonyl (C=O) groups excluding carboxylic acids is 1. The summed E-state index contributed by atoms with van der Waals surface area (Å²) in [5.41, 5.74) is 1.49. The standard InChI is InChI=1S/C16H16ClN3O/c1-19(2)16(21)20(15-6-4-3-5-7-15)12-18-14-10-8-13(17)9-11-14/h3-12H,1-2H3. The van der Waals surface area contributed by atoms with Crippen LogP contribution in [-0.4, -0.2) is 31.4 Å². The van der Waals surface area contributed by atoms with Crippen molar-refractivity contribution in [3.63, 3.8) is 0 Å². The van der Waals surface area contributed by atoms with Gasteiger partial charge in [-0.15, -0.1) is 0 Å². The molecule has 4 nitrogen and oxygen atoms in total. The lowest BCUT2D eigenvalue weighted by Gasteiger charge is -2.21. The van der Waals surface area contributed by atoms with E-state index < -0.39 is 0 Å². The van der Waals surface area contributed by atoms with Crippen LogP contribution in [-0.2, 0) is 0 Å². The molecule has 0 bridgehead atoms. The Morgan fingerprint density at radius 2 is 1.67 bits per heavy atom.